The van der Waals surface area contributed by atoms with Crippen molar-refractivity contribution in [3.63, 3.8) is 0 Å². The number of nitrogens with one attached hydrogen (secondary N) is 1. The van der Waals surface area contributed by atoms with Crippen molar-refractivity contribution in [2.45, 2.75) is 6.92 Å². The number of amides is 1. The highest BCUT2D eigenvalue weighted by Gasteiger charge is 2.25. The fourth-order valence-corrected chi connectivity index (χ4v) is 3.29. The van der Waals surface area contributed by atoms with Gasteiger partial charge in [-0.05, 0) is 13.1 Å². The Morgan fingerprint density at radius 2 is 1.85 bits per heavy atom. The summed E-state index contributed by atoms with van der Waals surface area (Å²) in [4.78, 5) is 16.4. The number of methoxy groups -OCH3 is 2. The van der Waals surface area contributed by atoms with Gasteiger partial charge in [0.2, 0.25) is 11.7 Å². The number of hydrogen-bond donors (Lipinski definition) is 1. The first-order chi connectivity index (χ1) is 13.0. The summed E-state index contributed by atoms with van der Waals surface area (Å²) in [5.74, 6) is 1.13. The van der Waals surface area contributed by atoms with E-state index in [9.17, 15) is 4.79 Å². The van der Waals surface area contributed by atoms with Crippen molar-refractivity contribution in [1.82, 2.24) is 9.80 Å². The number of fused-ring (bicyclic) bond motifs is 1. The zero-order valence-electron chi connectivity index (χ0n) is 16.3. The van der Waals surface area contributed by atoms with Crippen LogP contribution in [0.25, 0.3) is 11.0 Å². The van der Waals surface area contributed by atoms with Crippen molar-refractivity contribution in [3.05, 3.63) is 12.3 Å². The molecule has 1 aromatic carbocycles. The van der Waals surface area contributed by atoms with Crippen molar-refractivity contribution in [1.29, 1.82) is 0 Å². The van der Waals surface area contributed by atoms with Crippen LogP contribution < -0.4 is 19.5 Å². The smallest absolute Gasteiger partial charge is 0.221 e. The van der Waals surface area contributed by atoms with Crippen LogP contribution in [0, 0.1) is 0 Å². The average Bonchev–Trinajstić information content (AvgIpc) is 3.12. The molecule has 0 unspecified atom stereocenters. The minimum absolute atomic E-state index is 0.220. The molecule has 1 aliphatic rings. The predicted molar refractivity (Wildman–Crippen MR) is 103 cm³/mol. The molecule has 1 N–H and O–H groups in total. The molecular weight excluding hydrogens is 350 g/mol. The van der Waals surface area contributed by atoms with Gasteiger partial charge in [-0.25, -0.2) is 0 Å². The third-order valence-electron chi connectivity index (χ3n) is 4.74. The minimum Gasteiger partial charge on any atom is -0.494 e. The Balaban J connectivity index is 1.88. The number of piperazine rings is 1. The topological polar surface area (TPSA) is 76.4 Å². The number of carbonyl (C=O) groups is 1. The van der Waals surface area contributed by atoms with E-state index in [1.807, 2.05) is 0 Å². The van der Waals surface area contributed by atoms with Crippen LogP contribution in [-0.2, 0) is 4.79 Å². The summed E-state index contributed by atoms with van der Waals surface area (Å²) in [5.41, 5.74) is 0.979. The predicted octanol–water partition coefficient (Wildman–Crippen LogP) is 2.03. The van der Waals surface area contributed by atoms with E-state index in [0.29, 0.717) is 40.5 Å². The number of anilines is 1. The quantitative estimate of drug-likeness (QED) is 0.791. The largest absolute Gasteiger partial charge is 0.494 e. The number of benzene rings is 1. The van der Waals surface area contributed by atoms with Gasteiger partial charge >= 0.3 is 0 Å². The van der Waals surface area contributed by atoms with Gasteiger partial charge in [0.1, 0.15) is 12.3 Å². The second-order valence-corrected chi connectivity index (χ2v) is 6.61. The van der Waals surface area contributed by atoms with Gasteiger partial charge in [-0.3, -0.25) is 9.69 Å². The summed E-state index contributed by atoms with van der Waals surface area (Å²) in [6.45, 7) is 6.81. The number of carbonyl (C=O) groups excluding carboxylic acids is 1. The lowest BCUT2D eigenvalue weighted by Gasteiger charge is -2.32. The molecule has 1 aromatic heterocycles. The Hall–Kier alpha value is -2.45. The maximum absolute atomic E-state index is 11.8. The van der Waals surface area contributed by atoms with E-state index in [1.54, 1.807) is 26.5 Å². The SMILES string of the molecule is COc1c(NC(C)=O)c(OCCN2CCN(C)CC2)c(OC)c2occc12. The van der Waals surface area contributed by atoms with E-state index >= 15 is 0 Å². The summed E-state index contributed by atoms with van der Waals surface area (Å²) in [5, 5.41) is 3.53. The molecule has 1 fully saturated rings. The van der Waals surface area contributed by atoms with E-state index in [1.165, 1.54) is 6.92 Å². The van der Waals surface area contributed by atoms with Crippen molar-refractivity contribution in [3.8, 4) is 17.2 Å². The van der Waals surface area contributed by atoms with Gasteiger partial charge in [-0.2, -0.15) is 0 Å². The van der Waals surface area contributed by atoms with Crippen LogP contribution >= 0.6 is 0 Å². The van der Waals surface area contributed by atoms with Crippen LogP contribution in [0.3, 0.4) is 0 Å². The first kappa shape index (κ1) is 19.3. The second-order valence-electron chi connectivity index (χ2n) is 6.61. The molecule has 0 radical (unpaired) electrons. The monoisotopic (exact) mass is 377 g/mol. The fraction of sp³-hybridized carbons (Fsp3) is 0.526. The average molecular weight is 377 g/mol. The van der Waals surface area contributed by atoms with Crippen molar-refractivity contribution >= 4 is 22.6 Å². The molecule has 1 saturated heterocycles. The lowest BCUT2D eigenvalue weighted by molar-refractivity contribution is -0.114. The standard InChI is InChI=1S/C19H27N3O5/c1-13(23)20-15-16(24-3)14-5-11-26-17(14)19(25-4)18(15)27-12-10-22-8-6-21(2)7-9-22/h5,11H,6-10,12H2,1-4H3,(H,20,23). The van der Waals surface area contributed by atoms with Crippen LogP contribution in [0.2, 0.25) is 0 Å². The van der Waals surface area contributed by atoms with Crippen molar-refractivity contribution < 1.29 is 23.4 Å². The molecule has 1 amide bonds. The van der Waals surface area contributed by atoms with Crippen LogP contribution in [0.15, 0.2) is 16.7 Å². The van der Waals surface area contributed by atoms with Gasteiger partial charge in [0.05, 0.1) is 25.9 Å². The van der Waals surface area contributed by atoms with Gasteiger partial charge in [0.25, 0.3) is 0 Å². The molecule has 3 rings (SSSR count). The van der Waals surface area contributed by atoms with Crippen molar-refractivity contribution in [2.24, 2.45) is 0 Å². The van der Waals surface area contributed by atoms with Gasteiger partial charge in [-0.1, -0.05) is 0 Å². The molecule has 0 atom stereocenters. The summed E-state index contributed by atoms with van der Waals surface area (Å²) >= 11 is 0. The number of likely N-dealkylation sites (N-methyl/N-ethyl adjacent to an activating group) is 1. The summed E-state index contributed by atoms with van der Waals surface area (Å²) in [6.07, 6.45) is 1.56. The Morgan fingerprint density at radius 1 is 1.15 bits per heavy atom. The zero-order valence-corrected chi connectivity index (χ0v) is 16.3. The van der Waals surface area contributed by atoms with E-state index in [-0.39, 0.29) is 5.91 Å². The fourth-order valence-electron chi connectivity index (χ4n) is 3.29. The molecule has 0 aliphatic carbocycles. The number of furan rings is 1. The summed E-state index contributed by atoms with van der Waals surface area (Å²) < 4.78 is 22.7. The number of hydrogen-bond acceptors (Lipinski definition) is 7. The molecule has 0 spiro atoms. The maximum atomic E-state index is 11.8. The van der Waals surface area contributed by atoms with E-state index in [0.717, 1.165) is 32.7 Å². The third-order valence-corrected chi connectivity index (χ3v) is 4.74. The van der Waals surface area contributed by atoms with Crippen LogP contribution in [0.5, 0.6) is 17.2 Å². The van der Waals surface area contributed by atoms with Crippen LogP contribution in [0.4, 0.5) is 5.69 Å². The summed E-state index contributed by atoms with van der Waals surface area (Å²) in [6, 6.07) is 1.77. The second kappa shape index (κ2) is 8.49. The van der Waals surface area contributed by atoms with Crippen molar-refractivity contribution in [2.75, 3.05) is 65.9 Å². The first-order valence-electron chi connectivity index (χ1n) is 9.01. The van der Waals surface area contributed by atoms with Crippen LogP contribution in [-0.4, -0.2) is 76.3 Å². The van der Waals surface area contributed by atoms with E-state index in [2.05, 4.69) is 22.2 Å². The molecule has 0 bridgehead atoms. The molecule has 0 saturated carbocycles. The third kappa shape index (κ3) is 4.12. The molecule has 148 valence electrons. The van der Waals surface area contributed by atoms with E-state index < -0.39 is 0 Å². The number of nitrogens with zero attached hydrogens (tertiary/aromatic N) is 2. The van der Waals surface area contributed by atoms with E-state index in [4.69, 9.17) is 18.6 Å². The van der Waals surface area contributed by atoms with Gasteiger partial charge in [0, 0.05) is 39.6 Å². The summed E-state index contributed by atoms with van der Waals surface area (Å²) in [7, 11) is 5.23. The Labute approximate surface area is 158 Å². The molecular formula is C19H27N3O5. The highest BCUT2D eigenvalue weighted by Crippen LogP contribution is 2.49. The van der Waals surface area contributed by atoms with Gasteiger partial charge in [0.15, 0.2) is 17.1 Å². The maximum Gasteiger partial charge on any atom is 0.221 e. The normalized spacial score (nSPS) is 15.7. The molecule has 2 heterocycles. The molecule has 8 heteroatoms. The Morgan fingerprint density at radius 3 is 2.48 bits per heavy atom. The minimum atomic E-state index is -0.220. The van der Waals surface area contributed by atoms with Gasteiger partial charge in [-0.15, -0.1) is 0 Å². The van der Waals surface area contributed by atoms with Crippen LogP contribution in [0.1, 0.15) is 6.92 Å². The molecule has 2 aromatic rings. The van der Waals surface area contributed by atoms with Gasteiger partial charge < -0.3 is 28.8 Å². The highest BCUT2D eigenvalue weighted by molar-refractivity contribution is 6.03. The highest BCUT2D eigenvalue weighted by atomic mass is 16.5. The molecule has 1 aliphatic heterocycles. The lowest BCUT2D eigenvalue weighted by Crippen LogP contribution is -2.45. The Kier molecular flexibility index (Phi) is 6.08. The Bertz CT molecular complexity index is 796. The molecule has 27 heavy (non-hydrogen) atoms. The lowest BCUT2D eigenvalue weighted by atomic mass is 10.1. The zero-order chi connectivity index (χ0) is 19.4. The first-order valence-corrected chi connectivity index (χ1v) is 9.01. The number of rotatable bonds is 7. The number of ether oxygens (including phenoxy) is 3. The molecule has 8 nitrogen and oxygen atoms in total.